The molecule has 3 aromatic rings. The lowest BCUT2D eigenvalue weighted by molar-refractivity contribution is -0.121. The van der Waals surface area contributed by atoms with Crippen LogP contribution in [0.3, 0.4) is 0 Å². The smallest absolute Gasteiger partial charge is 0.232 e. The second-order valence-electron chi connectivity index (χ2n) is 14.2. The molecule has 1 amide bonds. The number of carbonyl (C=O) groups excluding carboxylic acids is 1. The molecule has 5 aliphatic carbocycles. The standard InChI is InChI=1S/C34H43N5O3/c1-38-29(24-5-6-24)21-28(36-38)26-3-2-4-27(20-26)39(30(40)19-23-9-17-41-18-10-23)22-33-11-14-34(15-12-33,16-13-33)32-35-31(37-42-32)25-7-8-25/h2-4,20-21,23-25H,5-19,22H2,1H3. The topological polar surface area (TPSA) is 86.3 Å². The zero-order valence-corrected chi connectivity index (χ0v) is 24.9. The number of benzene rings is 1. The van der Waals surface area contributed by atoms with Gasteiger partial charge < -0.3 is 14.2 Å². The SMILES string of the molecule is Cn1nc(-c2cccc(N(CC34CCC(c5nc(C6CC6)no5)(CC3)CC4)C(=O)CC3CCOCC3)c2)cc1C1CC1. The van der Waals surface area contributed by atoms with Gasteiger partial charge in [-0.3, -0.25) is 9.48 Å². The number of hydrogen-bond acceptors (Lipinski definition) is 6. The number of ether oxygens (including phenoxy) is 1. The van der Waals surface area contributed by atoms with Crippen LogP contribution < -0.4 is 4.90 Å². The van der Waals surface area contributed by atoms with E-state index in [1.165, 1.54) is 31.4 Å². The van der Waals surface area contributed by atoms with Crippen LogP contribution in [-0.4, -0.2) is 45.6 Å². The van der Waals surface area contributed by atoms with Gasteiger partial charge in [0, 0.05) is 67.4 Å². The first-order chi connectivity index (χ1) is 20.5. The first-order valence-electron chi connectivity index (χ1n) is 16.4. The largest absolute Gasteiger partial charge is 0.381 e. The van der Waals surface area contributed by atoms with E-state index < -0.39 is 0 Å². The predicted molar refractivity (Wildman–Crippen MR) is 159 cm³/mol. The van der Waals surface area contributed by atoms with E-state index in [0.29, 0.717) is 24.2 Å². The molecule has 5 saturated carbocycles. The van der Waals surface area contributed by atoms with Crippen LogP contribution in [-0.2, 0) is 22.0 Å². The van der Waals surface area contributed by atoms with Crippen molar-refractivity contribution in [1.82, 2.24) is 19.9 Å². The fraction of sp³-hybridized carbons (Fsp3) is 0.647. The Morgan fingerprint density at radius 2 is 1.71 bits per heavy atom. The van der Waals surface area contributed by atoms with Crippen LogP contribution in [0.2, 0.25) is 0 Å². The van der Waals surface area contributed by atoms with E-state index in [1.807, 2.05) is 4.68 Å². The number of hydrogen-bond donors (Lipinski definition) is 0. The van der Waals surface area contributed by atoms with Gasteiger partial charge in [0.1, 0.15) is 0 Å². The third-order valence-electron chi connectivity index (χ3n) is 11.2. The Bertz CT molecular complexity index is 1440. The molecule has 0 radical (unpaired) electrons. The molecule has 2 aromatic heterocycles. The van der Waals surface area contributed by atoms with Crippen LogP contribution >= 0.6 is 0 Å². The highest BCUT2D eigenvalue weighted by molar-refractivity contribution is 5.94. The maximum atomic E-state index is 14.1. The lowest BCUT2D eigenvalue weighted by atomic mass is 9.53. The van der Waals surface area contributed by atoms with E-state index in [9.17, 15) is 4.79 Å². The van der Waals surface area contributed by atoms with Gasteiger partial charge in [-0.25, -0.2) is 0 Å². The summed E-state index contributed by atoms with van der Waals surface area (Å²) < 4.78 is 13.5. The number of carbonyl (C=O) groups is 1. The molecule has 1 saturated heterocycles. The number of aryl methyl sites for hydroxylation is 1. The van der Waals surface area contributed by atoms with Crippen LogP contribution in [0.5, 0.6) is 0 Å². The van der Waals surface area contributed by atoms with Gasteiger partial charge in [-0.2, -0.15) is 10.1 Å². The highest BCUT2D eigenvalue weighted by atomic mass is 16.5. The first-order valence-corrected chi connectivity index (χ1v) is 16.4. The normalized spacial score (nSPS) is 27.8. The lowest BCUT2D eigenvalue weighted by Gasteiger charge is -2.53. The Hall–Kier alpha value is -3.00. The molecule has 8 heteroatoms. The summed E-state index contributed by atoms with van der Waals surface area (Å²) >= 11 is 0. The minimum atomic E-state index is 0.0248. The summed E-state index contributed by atoms with van der Waals surface area (Å²) in [5.41, 5.74) is 4.57. The summed E-state index contributed by atoms with van der Waals surface area (Å²) in [4.78, 5) is 21.2. The van der Waals surface area contributed by atoms with E-state index in [0.717, 1.165) is 99.8 Å². The van der Waals surface area contributed by atoms with Gasteiger partial charge in [0.2, 0.25) is 11.8 Å². The van der Waals surface area contributed by atoms with E-state index in [-0.39, 0.29) is 16.7 Å². The molecule has 0 unspecified atom stereocenters. The zero-order chi connectivity index (χ0) is 28.3. The minimum absolute atomic E-state index is 0.0248. The summed E-state index contributed by atoms with van der Waals surface area (Å²) in [6, 6.07) is 10.8. The Balaban J connectivity index is 1.05. The number of rotatable bonds is 9. The average molecular weight is 570 g/mol. The van der Waals surface area contributed by atoms with Crippen molar-refractivity contribution >= 4 is 11.6 Å². The van der Waals surface area contributed by atoms with Gasteiger partial charge in [0.15, 0.2) is 5.82 Å². The van der Waals surface area contributed by atoms with Crippen LogP contribution in [0, 0.1) is 11.3 Å². The number of aromatic nitrogens is 4. The minimum Gasteiger partial charge on any atom is -0.381 e. The Labute approximate surface area is 248 Å². The fourth-order valence-corrected chi connectivity index (χ4v) is 7.96. The van der Waals surface area contributed by atoms with Crippen molar-refractivity contribution in [3.8, 4) is 11.3 Å². The van der Waals surface area contributed by atoms with Crippen molar-refractivity contribution in [3.05, 3.63) is 47.7 Å². The second kappa shape index (κ2) is 10.3. The summed E-state index contributed by atoms with van der Waals surface area (Å²) in [7, 11) is 2.05. The van der Waals surface area contributed by atoms with E-state index in [2.05, 4.69) is 47.4 Å². The van der Waals surface area contributed by atoms with Gasteiger partial charge in [-0.15, -0.1) is 0 Å². The molecular formula is C34H43N5O3. The number of anilines is 1. The van der Waals surface area contributed by atoms with Crippen molar-refractivity contribution in [3.63, 3.8) is 0 Å². The average Bonchev–Trinajstić information content (AvgIpc) is 3.97. The van der Waals surface area contributed by atoms with Gasteiger partial charge in [-0.05, 0) is 107 Å². The maximum absolute atomic E-state index is 14.1. The highest BCUT2D eigenvalue weighted by Crippen LogP contribution is 2.58. The Kier molecular flexibility index (Phi) is 6.54. The van der Waals surface area contributed by atoms with Crippen molar-refractivity contribution in [1.29, 1.82) is 0 Å². The Morgan fingerprint density at radius 1 is 0.976 bits per heavy atom. The summed E-state index contributed by atoms with van der Waals surface area (Å²) in [5, 5.41) is 9.21. The monoisotopic (exact) mass is 569 g/mol. The first kappa shape index (κ1) is 26.6. The third kappa shape index (κ3) is 4.99. The second-order valence-corrected chi connectivity index (χ2v) is 14.2. The van der Waals surface area contributed by atoms with Gasteiger partial charge >= 0.3 is 0 Å². The molecule has 1 aliphatic heterocycles. The third-order valence-corrected chi connectivity index (χ3v) is 11.2. The van der Waals surface area contributed by atoms with Crippen molar-refractivity contribution in [2.45, 2.75) is 101 Å². The molecule has 42 heavy (non-hydrogen) atoms. The Morgan fingerprint density at radius 3 is 2.43 bits per heavy atom. The molecule has 222 valence electrons. The molecule has 0 atom stereocenters. The van der Waals surface area contributed by atoms with Crippen LogP contribution in [0.4, 0.5) is 5.69 Å². The quantitative estimate of drug-likeness (QED) is 0.286. The molecule has 0 spiro atoms. The number of nitrogens with zero attached hydrogens (tertiary/aromatic N) is 5. The molecule has 8 nitrogen and oxygen atoms in total. The maximum Gasteiger partial charge on any atom is 0.232 e. The number of amides is 1. The molecule has 9 rings (SSSR count). The lowest BCUT2D eigenvalue weighted by Crippen LogP contribution is -2.51. The molecule has 1 aromatic carbocycles. The molecule has 6 fully saturated rings. The molecule has 3 heterocycles. The van der Waals surface area contributed by atoms with Gasteiger partial charge in [0.05, 0.1) is 5.69 Å². The van der Waals surface area contributed by atoms with Crippen molar-refractivity contribution in [2.24, 2.45) is 18.4 Å². The number of fused-ring (bicyclic) bond motifs is 3. The van der Waals surface area contributed by atoms with Crippen LogP contribution in [0.15, 0.2) is 34.9 Å². The molecule has 6 aliphatic rings. The zero-order valence-electron chi connectivity index (χ0n) is 24.9. The highest BCUT2D eigenvalue weighted by Gasteiger charge is 2.53. The van der Waals surface area contributed by atoms with Crippen molar-refractivity contribution in [2.75, 3.05) is 24.7 Å². The summed E-state index contributed by atoms with van der Waals surface area (Å²) in [6.07, 6.45) is 13.9. The van der Waals surface area contributed by atoms with Gasteiger partial charge in [0.25, 0.3) is 0 Å². The van der Waals surface area contributed by atoms with E-state index in [1.54, 1.807) is 0 Å². The summed E-state index contributed by atoms with van der Waals surface area (Å²) in [5.74, 6) is 3.61. The van der Waals surface area contributed by atoms with Crippen molar-refractivity contribution < 1.29 is 14.1 Å². The van der Waals surface area contributed by atoms with E-state index in [4.69, 9.17) is 19.3 Å². The van der Waals surface area contributed by atoms with Gasteiger partial charge in [-0.1, -0.05) is 17.3 Å². The van der Waals surface area contributed by atoms with Crippen LogP contribution in [0.25, 0.3) is 11.3 Å². The molecule has 2 bridgehead atoms. The van der Waals surface area contributed by atoms with E-state index >= 15 is 0 Å². The molecule has 0 N–H and O–H groups in total. The summed E-state index contributed by atoms with van der Waals surface area (Å²) in [6.45, 7) is 2.31. The fourth-order valence-electron chi connectivity index (χ4n) is 7.96. The van der Waals surface area contributed by atoms with Crippen LogP contribution in [0.1, 0.15) is 113 Å². The molecular weight excluding hydrogens is 526 g/mol. The predicted octanol–water partition coefficient (Wildman–Crippen LogP) is 6.67.